The molecule has 0 spiro atoms. The standard InChI is InChI=1S/C69H123NO10/c1-4-7-10-13-16-19-22-25-27-29-30-31-32-33-34-35-37-39-42-45-48-51-54-57-64(74)80-67-66(76)65(75)63(58-71)79-69(67)78-59-60(61(72)55-52-49-46-43-40-24-21-18-15-12-9-6-3)70-68(77)62(73)56-53-50-47-44-41-38-36-28-26-23-20-17-14-11-8-5-2/h7,10,16,19,25,27,30-31,33-34,52,55,60-63,65-67,69,71-73,75-76H,4-6,8-9,11-15,17-18,20-24,26,28-29,32,35-51,53-54,56-59H2,1-3H3,(H,70,77)/b10-7-,19-16-,27-25-,31-30-,34-33-,55-52+. The van der Waals surface area contributed by atoms with Crippen molar-refractivity contribution >= 4 is 11.9 Å². The lowest BCUT2D eigenvalue weighted by molar-refractivity contribution is -0.305. The van der Waals surface area contributed by atoms with Gasteiger partial charge in [-0.3, -0.25) is 9.59 Å². The van der Waals surface area contributed by atoms with Crippen LogP contribution in [0.15, 0.2) is 72.9 Å². The first kappa shape index (κ1) is 75.1. The summed E-state index contributed by atoms with van der Waals surface area (Å²) in [5.41, 5.74) is 0. The fourth-order valence-corrected chi connectivity index (χ4v) is 10.1. The molecule has 1 fully saturated rings. The second kappa shape index (κ2) is 56.6. The average Bonchev–Trinajstić information content (AvgIpc) is 3.48. The Labute approximate surface area is 490 Å². The first-order valence-corrected chi connectivity index (χ1v) is 33.2. The number of carbonyl (C=O) groups is 2. The molecule has 0 aromatic heterocycles. The highest BCUT2D eigenvalue weighted by molar-refractivity contribution is 5.80. The molecule has 1 aliphatic heterocycles. The van der Waals surface area contributed by atoms with Crippen molar-refractivity contribution in [2.24, 2.45) is 0 Å². The lowest BCUT2D eigenvalue weighted by Gasteiger charge is -2.41. The van der Waals surface area contributed by atoms with Crippen LogP contribution < -0.4 is 5.32 Å². The van der Waals surface area contributed by atoms with Crippen LogP contribution in [0.2, 0.25) is 0 Å². The molecule has 464 valence electrons. The molecule has 1 aliphatic rings. The highest BCUT2D eigenvalue weighted by Crippen LogP contribution is 2.26. The molecule has 0 aromatic carbocycles. The molecular formula is C69H123NO10. The molecular weight excluding hydrogens is 1000 g/mol. The zero-order chi connectivity index (χ0) is 58.2. The molecule has 0 radical (unpaired) electrons. The number of amides is 1. The third-order valence-electron chi connectivity index (χ3n) is 15.4. The largest absolute Gasteiger partial charge is 0.454 e. The van der Waals surface area contributed by atoms with Gasteiger partial charge in [0, 0.05) is 6.42 Å². The van der Waals surface area contributed by atoms with Gasteiger partial charge in [0.2, 0.25) is 5.91 Å². The van der Waals surface area contributed by atoms with Gasteiger partial charge in [-0.1, -0.05) is 286 Å². The maximum atomic E-state index is 13.4. The van der Waals surface area contributed by atoms with Crippen LogP contribution >= 0.6 is 0 Å². The first-order valence-electron chi connectivity index (χ1n) is 33.2. The topological polar surface area (TPSA) is 175 Å². The number of esters is 1. The summed E-state index contributed by atoms with van der Waals surface area (Å²) < 4.78 is 17.7. The van der Waals surface area contributed by atoms with Crippen LogP contribution in [0, 0.1) is 0 Å². The van der Waals surface area contributed by atoms with Gasteiger partial charge in [0.1, 0.15) is 24.4 Å². The Morgan fingerprint density at radius 1 is 0.500 bits per heavy atom. The summed E-state index contributed by atoms with van der Waals surface area (Å²) >= 11 is 0. The Kier molecular flexibility index (Phi) is 53.1. The normalized spacial score (nSPS) is 19.2. The van der Waals surface area contributed by atoms with E-state index in [1.165, 1.54) is 128 Å². The molecule has 8 unspecified atom stereocenters. The highest BCUT2D eigenvalue weighted by Gasteiger charge is 2.47. The van der Waals surface area contributed by atoms with Gasteiger partial charge in [0.15, 0.2) is 12.4 Å². The Hall–Kier alpha value is -2.90. The number of nitrogens with one attached hydrogen (secondary N) is 1. The van der Waals surface area contributed by atoms with E-state index in [1.807, 2.05) is 6.08 Å². The summed E-state index contributed by atoms with van der Waals surface area (Å²) in [6, 6.07) is -1.03. The second-order valence-electron chi connectivity index (χ2n) is 22.8. The Morgan fingerprint density at radius 2 is 0.900 bits per heavy atom. The summed E-state index contributed by atoms with van der Waals surface area (Å²) in [4.78, 5) is 26.6. The number of hydrogen-bond donors (Lipinski definition) is 6. The Bertz CT molecular complexity index is 1580. The number of ether oxygens (including phenoxy) is 3. The number of hydrogen-bond acceptors (Lipinski definition) is 10. The van der Waals surface area contributed by atoms with Crippen molar-refractivity contribution in [3.05, 3.63) is 72.9 Å². The van der Waals surface area contributed by atoms with Crippen molar-refractivity contribution in [2.45, 2.75) is 339 Å². The predicted molar refractivity (Wildman–Crippen MR) is 333 cm³/mol. The van der Waals surface area contributed by atoms with E-state index in [1.54, 1.807) is 6.08 Å². The molecule has 0 aliphatic carbocycles. The van der Waals surface area contributed by atoms with Gasteiger partial charge in [-0.25, -0.2) is 0 Å². The van der Waals surface area contributed by atoms with E-state index in [0.717, 1.165) is 116 Å². The third kappa shape index (κ3) is 43.7. The number of aliphatic hydroxyl groups is 5. The molecule has 11 nitrogen and oxygen atoms in total. The van der Waals surface area contributed by atoms with Gasteiger partial charge >= 0.3 is 5.97 Å². The monoisotopic (exact) mass is 1130 g/mol. The van der Waals surface area contributed by atoms with Crippen molar-refractivity contribution in [3.8, 4) is 0 Å². The van der Waals surface area contributed by atoms with Crippen LogP contribution in [-0.2, 0) is 23.8 Å². The molecule has 1 saturated heterocycles. The van der Waals surface area contributed by atoms with Gasteiger partial charge in [-0.15, -0.1) is 0 Å². The average molecular weight is 1130 g/mol. The zero-order valence-electron chi connectivity index (χ0n) is 51.4. The maximum Gasteiger partial charge on any atom is 0.306 e. The van der Waals surface area contributed by atoms with Gasteiger partial charge < -0.3 is 45.1 Å². The van der Waals surface area contributed by atoms with E-state index in [-0.39, 0.29) is 13.0 Å². The van der Waals surface area contributed by atoms with Gasteiger partial charge in [-0.2, -0.15) is 0 Å². The zero-order valence-corrected chi connectivity index (χ0v) is 51.4. The summed E-state index contributed by atoms with van der Waals surface area (Å²) in [5, 5.41) is 57.1. The van der Waals surface area contributed by atoms with Crippen molar-refractivity contribution in [1.82, 2.24) is 5.32 Å². The number of carbonyl (C=O) groups excluding carboxylic acids is 2. The van der Waals surface area contributed by atoms with E-state index in [0.29, 0.717) is 19.3 Å². The van der Waals surface area contributed by atoms with Gasteiger partial charge in [-0.05, 0) is 70.6 Å². The van der Waals surface area contributed by atoms with E-state index in [4.69, 9.17) is 14.2 Å². The summed E-state index contributed by atoms with van der Waals surface area (Å²) in [7, 11) is 0. The van der Waals surface area contributed by atoms with Crippen molar-refractivity contribution in [2.75, 3.05) is 13.2 Å². The predicted octanol–water partition coefficient (Wildman–Crippen LogP) is 16.3. The lowest BCUT2D eigenvalue weighted by atomic mass is 9.99. The minimum atomic E-state index is -1.62. The Morgan fingerprint density at radius 3 is 1.35 bits per heavy atom. The molecule has 0 bridgehead atoms. The minimum absolute atomic E-state index is 0.109. The number of allylic oxidation sites excluding steroid dienone is 11. The Balaban J connectivity index is 2.63. The number of unbranched alkanes of at least 4 members (excludes halogenated alkanes) is 32. The summed E-state index contributed by atoms with van der Waals surface area (Å²) in [6.45, 7) is 5.69. The quantitative estimate of drug-likeness (QED) is 0.0195. The van der Waals surface area contributed by atoms with Crippen molar-refractivity contribution in [3.63, 3.8) is 0 Å². The molecule has 0 aromatic rings. The van der Waals surface area contributed by atoms with Gasteiger partial charge in [0.25, 0.3) is 0 Å². The molecule has 6 N–H and O–H groups in total. The van der Waals surface area contributed by atoms with Crippen molar-refractivity contribution in [1.29, 1.82) is 0 Å². The number of rotatable bonds is 56. The molecule has 1 rings (SSSR count). The maximum absolute atomic E-state index is 13.4. The summed E-state index contributed by atoms with van der Waals surface area (Å²) in [6.07, 6.45) is 62.2. The molecule has 0 saturated carbocycles. The van der Waals surface area contributed by atoms with Crippen LogP contribution in [0.5, 0.6) is 0 Å². The molecule has 11 heteroatoms. The van der Waals surface area contributed by atoms with Gasteiger partial charge in [0.05, 0.1) is 25.4 Å². The van der Waals surface area contributed by atoms with Crippen LogP contribution in [0.3, 0.4) is 0 Å². The fourth-order valence-electron chi connectivity index (χ4n) is 10.1. The van der Waals surface area contributed by atoms with Crippen LogP contribution in [0.25, 0.3) is 0 Å². The van der Waals surface area contributed by atoms with E-state index in [2.05, 4.69) is 86.8 Å². The minimum Gasteiger partial charge on any atom is -0.454 e. The van der Waals surface area contributed by atoms with E-state index in [9.17, 15) is 35.1 Å². The second-order valence-corrected chi connectivity index (χ2v) is 22.8. The highest BCUT2D eigenvalue weighted by atomic mass is 16.7. The lowest BCUT2D eigenvalue weighted by Crippen LogP contribution is -2.61. The third-order valence-corrected chi connectivity index (χ3v) is 15.4. The van der Waals surface area contributed by atoms with Crippen LogP contribution in [0.1, 0.15) is 290 Å². The van der Waals surface area contributed by atoms with Crippen LogP contribution in [-0.4, -0.2) is 99.6 Å². The summed E-state index contributed by atoms with van der Waals surface area (Å²) in [5.74, 6) is -1.20. The first-order chi connectivity index (χ1) is 39.2. The van der Waals surface area contributed by atoms with Crippen molar-refractivity contribution < 1.29 is 49.3 Å². The molecule has 80 heavy (non-hydrogen) atoms. The molecule has 8 atom stereocenters. The SMILES string of the molecule is CC/C=C\C/C=C\C/C=C\C/C=C\C/C=C\CCCCCCCCCC(=O)OC1C(OCC(NC(=O)C(O)CCCCCCCCCCCCCCCCCC)C(O)/C=C/CCCCCCCCCCCC)OC(CO)C(O)C1O. The number of aliphatic hydroxyl groups excluding tert-OH is 5. The smallest absolute Gasteiger partial charge is 0.306 e. The molecule has 1 heterocycles. The van der Waals surface area contributed by atoms with E-state index >= 15 is 0 Å². The molecule has 1 amide bonds. The van der Waals surface area contributed by atoms with Crippen LogP contribution in [0.4, 0.5) is 0 Å². The fraction of sp³-hybridized carbons (Fsp3) is 0.797. The van der Waals surface area contributed by atoms with E-state index < -0.39 is 67.4 Å².